The van der Waals surface area contributed by atoms with Gasteiger partial charge in [0.05, 0.1) is 5.75 Å². The van der Waals surface area contributed by atoms with Crippen molar-refractivity contribution in [3.05, 3.63) is 29.8 Å². The maximum atomic E-state index is 11.2. The molecule has 0 amide bonds. The van der Waals surface area contributed by atoms with Crippen molar-refractivity contribution >= 4 is 15.5 Å². The largest absolute Gasteiger partial charge is 0.373 e. The summed E-state index contributed by atoms with van der Waals surface area (Å²) in [6.07, 6.45) is 2.11. The third-order valence-corrected chi connectivity index (χ3v) is 3.91. The van der Waals surface area contributed by atoms with Gasteiger partial charge in [0.1, 0.15) is 9.84 Å². The van der Waals surface area contributed by atoms with Crippen LogP contribution in [0.3, 0.4) is 0 Å². The molecule has 0 bridgehead atoms. The summed E-state index contributed by atoms with van der Waals surface area (Å²) in [4.78, 5) is 1.95. The fourth-order valence-electron chi connectivity index (χ4n) is 1.79. The fourth-order valence-corrected chi connectivity index (χ4v) is 2.40. The topological polar surface area (TPSA) is 63.4 Å². The number of hydrogen-bond acceptors (Lipinski definition) is 4. The number of hydrogen-bond donors (Lipinski definition) is 1. The highest BCUT2D eigenvalue weighted by molar-refractivity contribution is 7.90. The summed E-state index contributed by atoms with van der Waals surface area (Å²) in [5.74, 6) is 0.152. The Labute approximate surface area is 110 Å². The van der Waals surface area contributed by atoms with Crippen LogP contribution in [0.2, 0.25) is 0 Å². The van der Waals surface area contributed by atoms with Gasteiger partial charge in [-0.1, -0.05) is 25.1 Å². The fraction of sp³-hybridized carbons (Fsp3) is 0.538. The van der Waals surface area contributed by atoms with E-state index in [0.29, 0.717) is 6.54 Å². The molecule has 1 aromatic rings. The number of anilines is 1. The molecule has 5 heteroatoms. The molecular formula is C13H22N2O2S. The summed E-state index contributed by atoms with van der Waals surface area (Å²) in [5.41, 5.74) is 8.15. The second-order valence-electron chi connectivity index (χ2n) is 4.62. The highest BCUT2D eigenvalue weighted by Crippen LogP contribution is 2.25. The van der Waals surface area contributed by atoms with Crippen LogP contribution in [0.4, 0.5) is 5.69 Å². The van der Waals surface area contributed by atoms with Crippen molar-refractivity contribution in [2.45, 2.75) is 19.4 Å². The van der Waals surface area contributed by atoms with E-state index in [0.717, 1.165) is 17.7 Å². The van der Waals surface area contributed by atoms with Crippen LogP contribution < -0.4 is 10.6 Å². The van der Waals surface area contributed by atoms with Crippen LogP contribution in [0.15, 0.2) is 24.3 Å². The molecule has 0 fully saturated rings. The molecule has 2 N–H and O–H groups in total. The SMILES string of the molecule is CCC(N)c1ccccc1N(C)CCS(C)(=O)=O. The van der Waals surface area contributed by atoms with Gasteiger partial charge in [-0.15, -0.1) is 0 Å². The second-order valence-corrected chi connectivity index (χ2v) is 6.88. The van der Waals surface area contributed by atoms with Crippen LogP contribution >= 0.6 is 0 Å². The minimum atomic E-state index is -2.94. The van der Waals surface area contributed by atoms with Crippen LogP contribution in [0, 0.1) is 0 Å². The van der Waals surface area contributed by atoms with Crippen molar-refractivity contribution < 1.29 is 8.42 Å². The highest BCUT2D eigenvalue weighted by atomic mass is 32.2. The zero-order chi connectivity index (χ0) is 13.8. The van der Waals surface area contributed by atoms with E-state index in [1.807, 2.05) is 43.1 Å². The molecule has 0 aliphatic rings. The number of nitrogens with zero attached hydrogens (tertiary/aromatic N) is 1. The molecule has 1 unspecified atom stereocenters. The number of benzene rings is 1. The molecule has 0 saturated heterocycles. The lowest BCUT2D eigenvalue weighted by atomic mass is 10.0. The molecule has 1 aromatic carbocycles. The lowest BCUT2D eigenvalue weighted by Gasteiger charge is -2.24. The molecule has 0 radical (unpaired) electrons. The van der Waals surface area contributed by atoms with Crippen molar-refractivity contribution in [1.82, 2.24) is 0 Å². The third kappa shape index (κ3) is 4.31. The molecular weight excluding hydrogens is 248 g/mol. The first-order valence-electron chi connectivity index (χ1n) is 6.08. The van der Waals surface area contributed by atoms with Crippen LogP contribution in [-0.2, 0) is 9.84 Å². The van der Waals surface area contributed by atoms with Gasteiger partial charge >= 0.3 is 0 Å². The lowest BCUT2D eigenvalue weighted by molar-refractivity contribution is 0.601. The van der Waals surface area contributed by atoms with Gasteiger partial charge in [0.25, 0.3) is 0 Å². The minimum absolute atomic E-state index is 0.0121. The van der Waals surface area contributed by atoms with Gasteiger partial charge in [0.15, 0.2) is 0 Å². The normalized spacial score (nSPS) is 13.3. The Hall–Kier alpha value is -1.07. The Balaban J connectivity index is 2.88. The quantitative estimate of drug-likeness (QED) is 0.852. The van der Waals surface area contributed by atoms with Crippen molar-refractivity contribution in [1.29, 1.82) is 0 Å². The Bertz CT molecular complexity index is 486. The molecule has 0 aliphatic carbocycles. The number of sulfone groups is 1. The summed E-state index contributed by atoms with van der Waals surface area (Å²) in [6, 6.07) is 7.87. The van der Waals surface area contributed by atoms with Gasteiger partial charge in [-0.25, -0.2) is 8.42 Å². The summed E-state index contributed by atoms with van der Waals surface area (Å²) >= 11 is 0. The van der Waals surface area contributed by atoms with Crippen LogP contribution in [-0.4, -0.2) is 34.0 Å². The Morgan fingerprint density at radius 3 is 2.50 bits per heavy atom. The number of para-hydroxylation sites is 1. The molecule has 0 aromatic heterocycles. The summed E-state index contributed by atoms with van der Waals surface area (Å²) in [7, 11) is -1.04. The van der Waals surface area contributed by atoms with Gasteiger partial charge in [-0.3, -0.25) is 0 Å². The molecule has 0 spiro atoms. The predicted molar refractivity (Wildman–Crippen MR) is 76.6 cm³/mol. The monoisotopic (exact) mass is 270 g/mol. The van der Waals surface area contributed by atoms with Gasteiger partial charge < -0.3 is 10.6 Å². The zero-order valence-electron chi connectivity index (χ0n) is 11.3. The molecule has 0 heterocycles. The second kappa shape index (κ2) is 6.20. The van der Waals surface area contributed by atoms with Crippen LogP contribution in [0.5, 0.6) is 0 Å². The van der Waals surface area contributed by atoms with E-state index in [1.165, 1.54) is 6.26 Å². The van der Waals surface area contributed by atoms with Gasteiger partial charge in [0.2, 0.25) is 0 Å². The lowest BCUT2D eigenvalue weighted by Crippen LogP contribution is -2.26. The zero-order valence-corrected chi connectivity index (χ0v) is 12.1. The van der Waals surface area contributed by atoms with E-state index in [4.69, 9.17) is 5.73 Å². The third-order valence-electron chi connectivity index (χ3n) is 2.98. The van der Waals surface area contributed by atoms with Crippen molar-refractivity contribution in [2.75, 3.05) is 30.5 Å². The standard InChI is InChI=1S/C13H22N2O2S/c1-4-12(14)11-7-5-6-8-13(11)15(2)9-10-18(3,16)17/h5-8,12H,4,9-10,14H2,1-3H3. The predicted octanol–water partition coefficient (Wildman–Crippen LogP) is 1.58. The van der Waals surface area contributed by atoms with Crippen molar-refractivity contribution in [2.24, 2.45) is 5.73 Å². The Morgan fingerprint density at radius 2 is 1.94 bits per heavy atom. The van der Waals surface area contributed by atoms with Crippen molar-refractivity contribution in [3.63, 3.8) is 0 Å². The van der Waals surface area contributed by atoms with Crippen molar-refractivity contribution in [3.8, 4) is 0 Å². The Kier molecular flexibility index (Phi) is 5.16. The molecule has 0 saturated carbocycles. The maximum absolute atomic E-state index is 11.2. The van der Waals surface area contributed by atoms with E-state index in [-0.39, 0.29) is 11.8 Å². The number of rotatable bonds is 6. The number of nitrogens with two attached hydrogens (primary N) is 1. The van der Waals surface area contributed by atoms with Gasteiger partial charge in [0, 0.05) is 31.6 Å². The molecule has 1 atom stereocenters. The molecule has 0 aliphatic heterocycles. The van der Waals surface area contributed by atoms with Gasteiger partial charge in [-0.05, 0) is 18.1 Å². The summed E-state index contributed by atoms with van der Waals surface area (Å²) in [5, 5.41) is 0. The minimum Gasteiger partial charge on any atom is -0.373 e. The molecule has 18 heavy (non-hydrogen) atoms. The summed E-state index contributed by atoms with van der Waals surface area (Å²) in [6.45, 7) is 2.52. The first-order valence-corrected chi connectivity index (χ1v) is 8.14. The van der Waals surface area contributed by atoms with E-state index >= 15 is 0 Å². The average Bonchev–Trinajstić information content (AvgIpc) is 2.34. The van der Waals surface area contributed by atoms with E-state index in [2.05, 4.69) is 0 Å². The first-order chi connectivity index (χ1) is 8.35. The maximum Gasteiger partial charge on any atom is 0.149 e. The molecule has 1 rings (SSSR count). The van der Waals surface area contributed by atoms with E-state index in [1.54, 1.807) is 0 Å². The first kappa shape index (κ1) is 15.0. The molecule has 4 nitrogen and oxygen atoms in total. The van der Waals surface area contributed by atoms with Gasteiger partial charge in [-0.2, -0.15) is 0 Å². The van der Waals surface area contributed by atoms with Crippen LogP contribution in [0.1, 0.15) is 24.9 Å². The average molecular weight is 270 g/mol. The smallest absolute Gasteiger partial charge is 0.149 e. The highest BCUT2D eigenvalue weighted by Gasteiger charge is 2.13. The Morgan fingerprint density at radius 1 is 1.33 bits per heavy atom. The van der Waals surface area contributed by atoms with E-state index < -0.39 is 9.84 Å². The summed E-state index contributed by atoms with van der Waals surface area (Å²) < 4.78 is 22.4. The van der Waals surface area contributed by atoms with Crippen LogP contribution in [0.25, 0.3) is 0 Å². The molecule has 102 valence electrons. The van der Waals surface area contributed by atoms with E-state index in [9.17, 15) is 8.42 Å².